The monoisotopic (exact) mass is 431 g/mol. The molecule has 0 aliphatic heterocycles. The first-order chi connectivity index (χ1) is 15.2. The minimum atomic E-state index is -0.371. The van der Waals surface area contributed by atoms with Gasteiger partial charge in [0.15, 0.2) is 0 Å². The highest BCUT2D eigenvalue weighted by Crippen LogP contribution is 2.31. The van der Waals surface area contributed by atoms with Crippen molar-refractivity contribution in [1.82, 2.24) is 4.98 Å². The predicted octanol–water partition coefficient (Wildman–Crippen LogP) is 6.14. The van der Waals surface area contributed by atoms with Crippen LogP contribution in [-0.2, 0) is 0 Å². The van der Waals surface area contributed by atoms with Gasteiger partial charge in [-0.2, -0.15) is 0 Å². The van der Waals surface area contributed by atoms with E-state index in [1.54, 1.807) is 43.8 Å². The first-order valence-corrected chi connectivity index (χ1v) is 10.5. The summed E-state index contributed by atoms with van der Waals surface area (Å²) in [7, 11) is 3.12. The number of urea groups is 1. The van der Waals surface area contributed by atoms with Crippen molar-refractivity contribution in [3.8, 4) is 33.3 Å². The highest BCUT2D eigenvalue weighted by molar-refractivity contribution is 7.13. The van der Waals surface area contributed by atoms with Gasteiger partial charge in [0.25, 0.3) is 0 Å². The van der Waals surface area contributed by atoms with Crippen molar-refractivity contribution >= 4 is 28.7 Å². The molecular formula is C24H21N3O3S. The van der Waals surface area contributed by atoms with Gasteiger partial charge in [-0.05, 0) is 24.3 Å². The third kappa shape index (κ3) is 4.84. The number of hydrogen-bond donors (Lipinski definition) is 2. The second kappa shape index (κ2) is 9.32. The number of carbonyl (C=O) groups is 1. The molecule has 0 saturated carbocycles. The number of rotatable bonds is 6. The second-order valence-corrected chi connectivity index (χ2v) is 7.49. The highest BCUT2D eigenvalue weighted by atomic mass is 32.1. The number of hydrogen-bond acceptors (Lipinski definition) is 5. The summed E-state index contributed by atoms with van der Waals surface area (Å²) < 4.78 is 10.5. The lowest BCUT2D eigenvalue weighted by Gasteiger charge is -2.12. The van der Waals surface area contributed by atoms with Crippen molar-refractivity contribution in [3.05, 3.63) is 78.2 Å². The Morgan fingerprint density at radius 1 is 0.871 bits per heavy atom. The van der Waals surface area contributed by atoms with Crippen molar-refractivity contribution in [2.24, 2.45) is 0 Å². The second-order valence-electron chi connectivity index (χ2n) is 6.63. The number of benzene rings is 3. The fourth-order valence-electron chi connectivity index (χ4n) is 3.06. The van der Waals surface area contributed by atoms with Gasteiger partial charge in [-0.15, -0.1) is 11.3 Å². The standard InChI is InChI=1S/C24H21N3O3S/c1-29-19-11-12-20(22(14-19)30-2)27-24(28)25-18-10-6-9-17(13-18)21-15-31-23(26-21)16-7-4-3-5-8-16/h3-15H,1-2H3,(H2,25,27,28). The Bertz CT molecular complexity index is 1190. The van der Waals surface area contributed by atoms with Crippen LogP contribution in [0.4, 0.5) is 16.2 Å². The first kappa shape index (κ1) is 20.4. The van der Waals surface area contributed by atoms with Gasteiger partial charge in [0.1, 0.15) is 16.5 Å². The van der Waals surface area contributed by atoms with Crippen LogP contribution in [0.2, 0.25) is 0 Å². The van der Waals surface area contributed by atoms with E-state index in [2.05, 4.69) is 10.6 Å². The Hall–Kier alpha value is -3.84. The highest BCUT2D eigenvalue weighted by Gasteiger charge is 2.11. The quantitative estimate of drug-likeness (QED) is 0.385. The lowest BCUT2D eigenvalue weighted by Crippen LogP contribution is -2.19. The predicted molar refractivity (Wildman–Crippen MR) is 125 cm³/mol. The van der Waals surface area contributed by atoms with Crippen LogP contribution < -0.4 is 20.1 Å². The molecule has 6 nitrogen and oxygen atoms in total. The largest absolute Gasteiger partial charge is 0.497 e. The molecule has 0 fully saturated rings. The van der Waals surface area contributed by atoms with E-state index in [0.29, 0.717) is 22.9 Å². The van der Waals surface area contributed by atoms with Gasteiger partial charge in [0, 0.05) is 28.3 Å². The van der Waals surface area contributed by atoms with E-state index in [1.165, 1.54) is 0 Å². The fourth-order valence-corrected chi connectivity index (χ4v) is 3.90. The molecular weight excluding hydrogens is 410 g/mol. The molecule has 7 heteroatoms. The number of nitrogens with zero attached hydrogens (tertiary/aromatic N) is 1. The summed E-state index contributed by atoms with van der Waals surface area (Å²) in [6.45, 7) is 0. The number of carbonyl (C=O) groups excluding carboxylic acids is 1. The number of anilines is 2. The zero-order valence-electron chi connectivity index (χ0n) is 17.1. The molecule has 2 amide bonds. The van der Waals surface area contributed by atoms with Crippen molar-refractivity contribution < 1.29 is 14.3 Å². The molecule has 0 spiro atoms. The van der Waals surface area contributed by atoms with Crippen LogP contribution in [0.15, 0.2) is 78.2 Å². The average Bonchev–Trinajstić information content (AvgIpc) is 3.30. The van der Waals surface area contributed by atoms with E-state index in [4.69, 9.17) is 14.5 Å². The van der Waals surface area contributed by atoms with E-state index in [1.807, 2.05) is 60.0 Å². The number of aromatic nitrogens is 1. The minimum absolute atomic E-state index is 0.371. The van der Waals surface area contributed by atoms with Crippen LogP contribution in [0.1, 0.15) is 0 Å². The van der Waals surface area contributed by atoms with Crippen molar-refractivity contribution in [3.63, 3.8) is 0 Å². The maximum absolute atomic E-state index is 12.5. The summed E-state index contributed by atoms with van der Waals surface area (Å²) in [5.74, 6) is 1.16. The Balaban J connectivity index is 1.48. The summed E-state index contributed by atoms with van der Waals surface area (Å²) in [6.07, 6.45) is 0. The van der Waals surface area contributed by atoms with Gasteiger partial charge >= 0.3 is 6.03 Å². The van der Waals surface area contributed by atoms with E-state index < -0.39 is 0 Å². The normalized spacial score (nSPS) is 10.4. The van der Waals surface area contributed by atoms with Gasteiger partial charge in [0.2, 0.25) is 0 Å². The summed E-state index contributed by atoms with van der Waals surface area (Å²) in [4.78, 5) is 17.3. The lowest BCUT2D eigenvalue weighted by molar-refractivity contribution is 0.262. The molecule has 1 heterocycles. The minimum Gasteiger partial charge on any atom is -0.497 e. The summed E-state index contributed by atoms with van der Waals surface area (Å²) >= 11 is 1.59. The van der Waals surface area contributed by atoms with Gasteiger partial charge in [0.05, 0.1) is 25.6 Å². The average molecular weight is 432 g/mol. The molecule has 3 aromatic carbocycles. The molecule has 4 aromatic rings. The van der Waals surface area contributed by atoms with E-state index in [-0.39, 0.29) is 6.03 Å². The third-order valence-corrected chi connectivity index (χ3v) is 5.49. The fraction of sp³-hybridized carbons (Fsp3) is 0.0833. The maximum Gasteiger partial charge on any atom is 0.323 e. The van der Waals surface area contributed by atoms with Gasteiger partial charge < -0.3 is 20.1 Å². The molecule has 156 valence electrons. The molecule has 31 heavy (non-hydrogen) atoms. The molecule has 0 radical (unpaired) electrons. The topological polar surface area (TPSA) is 72.5 Å². The SMILES string of the molecule is COc1ccc(NC(=O)Nc2cccc(-c3csc(-c4ccccc4)n3)c2)c(OC)c1. The number of nitrogens with one attached hydrogen (secondary N) is 2. The summed E-state index contributed by atoms with van der Waals surface area (Å²) in [5.41, 5.74) is 4.09. The van der Waals surface area contributed by atoms with Crippen LogP contribution in [0.25, 0.3) is 21.8 Å². The third-order valence-electron chi connectivity index (χ3n) is 4.60. The molecule has 4 rings (SSSR count). The molecule has 1 aromatic heterocycles. The van der Waals surface area contributed by atoms with Crippen LogP contribution >= 0.6 is 11.3 Å². The number of thiazole rings is 1. The van der Waals surface area contributed by atoms with Crippen molar-refractivity contribution in [2.75, 3.05) is 24.9 Å². The Morgan fingerprint density at radius 3 is 2.45 bits per heavy atom. The molecule has 0 aliphatic carbocycles. The summed E-state index contributed by atoms with van der Waals surface area (Å²) in [5, 5.41) is 8.63. The van der Waals surface area contributed by atoms with Crippen LogP contribution in [0.3, 0.4) is 0 Å². The van der Waals surface area contributed by atoms with Crippen LogP contribution in [0, 0.1) is 0 Å². The van der Waals surface area contributed by atoms with Crippen molar-refractivity contribution in [1.29, 1.82) is 0 Å². The van der Waals surface area contributed by atoms with E-state index >= 15 is 0 Å². The zero-order valence-corrected chi connectivity index (χ0v) is 17.9. The molecule has 0 unspecified atom stereocenters. The molecule has 0 bridgehead atoms. The number of amides is 2. The van der Waals surface area contributed by atoms with Crippen LogP contribution in [0.5, 0.6) is 11.5 Å². The Morgan fingerprint density at radius 2 is 1.68 bits per heavy atom. The molecule has 0 saturated heterocycles. The Labute approximate surface area is 184 Å². The van der Waals surface area contributed by atoms with Gasteiger partial charge in [-0.25, -0.2) is 9.78 Å². The van der Waals surface area contributed by atoms with Gasteiger partial charge in [-0.3, -0.25) is 0 Å². The smallest absolute Gasteiger partial charge is 0.323 e. The summed E-state index contributed by atoms with van der Waals surface area (Å²) in [6, 6.07) is 22.5. The van der Waals surface area contributed by atoms with Crippen molar-refractivity contribution in [2.45, 2.75) is 0 Å². The van der Waals surface area contributed by atoms with Gasteiger partial charge in [-0.1, -0.05) is 42.5 Å². The van der Waals surface area contributed by atoms with E-state index in [9.17, 15) is 4.79 Å². The number of methoxy groups -OCH3 is 2. The molecule has 2 N–H and O–H groups in total. The lowest BCUT2D eigenvalue weighted by atomic mass is 10.1. The zero-order chi connectivity index (χ0) is 21.6. The molecule has 0 atom stereocenters. The molecule has 0 aliphatic rings. The van der Waals surface area contributed by atoms with E-state index in [0.717, 1.165) is 21.8 Å². The van der Waals surface area contributed by atoms with Crippen LogP contribution in [-0.4, -0.2) is 25.2 Å². The first-order valence-electron chi connectivity index (χ1n) is 9.57. The maximum atomic E-state index is 12.5. The number of ether oxygens (including phenoxy) is 2. The Kier molecular flexibility index (Phi) is 6.14.